The van der Waals surface area contributed by atoms with Crippen LogP contribution in [0.2, 0.25) is 0 Å². The molecule has 1 aliphatic rings. The van der Waals surface area contributed by atoms with Gasteiger partial charge in [-0.2, -0.15) is 0 Å². The highest BCUT2D eigenvalue weighted by molar-refractivity contribution is 4.71. The average molecular weight is 184 g/mol. The Kier molecular flexibility index (Phi) is 5.40. The Balaban J connectivity index is 1.83. The van der Waals surface area contributed by atoms with Gasteiger partial charge in [-0.1, -0.05) is 13.8 Å². The first-order valence-corrected chi connectivity index (χ1v) is 5.70. The standard InChI is InChI=1S/C11H24N2/c1-10(2)3-6-12-7-4-11-5-8-13-9-11/h10-13H,3-9H2,1-2H3. The highest BCUT2D eigenvalue weighted by Gasteiger charge is 2.12. The van der Waals surface area contributed by atoms with Gasteiger partial charge in [-0.25, -0.2) is 0 Å². The third kappa shape index (κ3) is 5.27. The fourth-order valence-electron chi connectivity index (χ4n) is 1.78. The van der Waals surface area contributed by atoms with E-state index in [0.29, 0.717) is 0 Å². The minimum atomic E-state index is 0.834. The van der Waals surface area contributed by atoms with E-state index in [1.54, 1.807) is 0 Å². The lowest BCUT2D eigenvalue weighted by Crippen LogP contribution is -2.21. The van der Waals surface area contributed by atoms with Gasteiger partial charge in [0.15, 0.2) is 0 Å². The highest BCUT2D eigenvalue weighted by Crippen LogP contribution is 2.10. The Hall–Kier alpha value is -0.0800. The first-order chi connectivity index (χ1) is 6.29. The van der Waals surface area contributed by atoms with Gasteiger partial charge < -0.3 is 10.6 Å². The molecule has 1 heterocycles. The second kappa shape index (κ2) is 6.39. The average Bonchev–Trinajstić information content (AvgIpc) is 2.55. The molecule has 0 radical (unpaired) electrons. The van der Waals surface area contributed by atoms with Gasteiger partial charge in [0, 0.05) is 0 Å². The van der Waals surface area contributed by atoms with Crippen LogP contribution >= 0.6 is 0 Å². The van der Waals surface area contributed by atoms with E-state index in [2.05, 4.69) is 24.5 Å². The predicted molar refractivity (Wildman–Crippen MR) is 57.9 cm³/mol. The number of hydrogen-bond acceptors (Lipinski definition) is 2. The van der Waals surface area contributed by atoms with Gasteiger partial charge in [0.2, 0.25) is 0 Å². The molecule has 1 rings (SSSR count). The van der Waals surface area contributed by atoms with Crippen molar-refractivity contribution in [2.75, 3.05) is 26.2 Å². The normalized spacial score (nSPS) is 22.8. The molecule has 1 aliphatic heterocycles. The van der Waals surface area contributed by atoms with Crippen molar-refractivity contribution in [2.24, 2.45) is 11.8 Å². The molecule has 0 amide bonds. The molecule has 13 heavy (non-hydrogen) atoms. The molecule has 0 aromatic heterocycles. The zero-order valence-electron chi connectivity index (χ0n) is 9.10. The lowest BCUT2D eigenvalue weighted by Gasteiger charge is -2.10. The molecule has 1 unspecified atom stereocenters. The third-order valence-electron chi connectivity index (χ3n) is 2.79. The molecule has 0 bridgehead atoms. The molecule has 0 aliphatic carbocycles. The summed E-state index contributed by atoms with van der Waals surface area (Å²) in [7, 11) is 0. The summed E-state index contributed by atoms with van der Waals surface area (Å²) in [6, 6.07) is 0. The second-order valence-corrected chi connectivity index (χ2v) is 4.58. The summed E-state index contributed by atoms with van der Waals surface area (Å²) in [5.74, 6) is 1.77. The third-order valence-corrected chi connectivity index (χ3v) is 2.79. The molecule has 0 spiro atoms. The zero-order valence-corrected chi connectivity index (χ0v) is 9.10. The van der Waals surface area contributed by atoms with E-state index in [1.807, 2.05) is 0 Å². The van der Waals surface area contributed by atoms with Crippen LogP contribution in [0.25, 0.3) is 0 Å². The maximum Gasteiger partial charge on any atom is -0.00196 e. The number of hydrogen-bond donors (Lipinski definition) is 2. The molecule has 2 nitrogen and oxygen atoms in total. The van der Waals surface area contributed by atoms with E-state index in [9.17, 15) is 0 Å². The zero-order chi connectivity index (χ0) is 9.52. The summed E-state index contributed by atoms with van der Waals surface area (Å²) in [5, 5.41) is 6.92. The summed E-state index contributed by atoms with van der Waals surface area (Å²) in [6.07, 6.45) is 4.04. The predicted octanol–water partition coefficient (Wildman–Crippen LogP) is 1.62. The van der Waals surface area contributed by atoms with Crippen LogP contribution in [0.4, 0.5) is 0 Å². The van der Waals surface area contributed by atoms with E-state index in [-0.39, 0.29) is 0 Å². The Bertz CT molecular complexity index is 117. The van der Waals surface area contributed by atoms with E-state index in [1.165, 1.54) is 45.4 Å². The number of rotatable bonds is 6. The van der Waals surface area contributed by atoms with Crippen LogP contribution < -0.4 is 10.6 Å². The molecule has 2 N–H and O–H groups in total. The van der Waals surface area contributed by atoms with Crippen LogP contribution in [-0.4, -0.2) is 26.2 Å². The van der Waals surface area contributed by atoms with Crippen molar-refractivity contribution in [1.29, 1.82) is 0 Å². The first kappa shape index (κ1) is 11.0. The van der Waals surface area contributed by atoms with Gasteiger partial charge in [0.05, 0.1) is 0 Å². The van der Waals surface area contributed by atoms with Crippen molar-refractivity contribution >= 4 is 0 Å². The summed E-state index contributed by atoms with van der Waals surface area (Å²) < 4.78 is 0. The van der Waals surface area contributed by atoms with Gasteiger partial charge in [0.1, 0.15) is 0 Å². The molecule has 0 saturated carbocycles. The maximum absolute atomic E-state index is 3.52. The van der Waals surface area contributed by atoms with Crippen molar-refractivity contribution in [1.82, 2.24) is 10.6 Å². The second-order valence-electron chi connectivity index (χ2n) is 4.58. The summed E-state index contributed by atoms with van der Waals surface area (Å²) >= 11 is 0. The molecule has 2 heteroatoms. The van der Waals surface area contributed by atoms with Gasteiger partial charge in [-0.05, 0) is 57.3 Å². The summed E-state index contributed by atoms with van der Waals surface area (Å²) in [4.78, 5) is 0. The molecule has 1 fully saturated rings. The lowest BCUT2D eigenvalue weighted by molar-refractivity contribution is 0.478. The fourth-order valence-corrected chi connectivity index (χ4v) is 1.78. The van der Waals surface area contributed by atoms with Crippen molar-refractivity contribution < 1.29 is 0 Å². The van der Waals surface area contributed by atoms with E-state index in [0.717, 1.165) is 11.8 Å². The Morgan fingerprint density at radius 2 is 2.23 bits per heavy atom. The SMILES string of the molecule is CC(C)CCNCCC1CCNC1. The summed E-state index contributed by atoms with van der Waals surface area (Å²) in [5.41, 5.74) is 0. The van der Waals surface area contributed by atoms with Crippen LogP contribution in [0.3, 0.4) is 0 Å². The monoisotopic (exact) mass is 184 g/mol. The van der Waals surface area contributed by atoms with Crippen LogP contribution in [0.15, 0.2) is 0 Å². The Morgan fingerprint density at radius 3 is 2.85 bits per heavy atom. The quantitative estimate of drug-likeness (QED) is 0.613. The van der Waals surface area contributed by atoms with Crippen LogP contribution in [0.1, 0.15) is 33.1 Å². The minimum absolute atomic E-state index is 0.834. The molecule has 1 atom stereocenters. The molecular weight excluding hydrogens is 160 g/mol. The van der Waals surface area contributed by atoms with Crippen molar-refractivity contribution in [3.63, 3.8) is 0 Å². The first-order valence-electron chi connectivity index (χ1n) is 5.70. The molecule has 1 saturated heterocycles. The van der Waals surface area contributed by atoms with Crippen molar-refractivity contribution in [3.8, 4) is 0 Å². The van der Waals surface area contributed by atoms with E-state index < -0.39 is 0 Å². The fraction of sp³-hybridized carbons (Fsp3) is 1.00. The van der Waals surface area contributed by atoms with Gasteiger partial charge in [-0.15, -0.1) is 0 Å². The molecule has 78 valence electrons. The summed E-state index contributed by atoms with van der Waals surface area (Å²) in [6.45, 7) is 9.44. The highest BCUT2D eigenvalue weighted by atomic mass is 14.9. The van der Waals surface area contributed by atoms with E-state index >= 15 is 0 Å². The van der Waals surface area contributed by atoms with Gasteiger partial charge >= 0.3 is 0 Å². The Morgan fingerprint density at radius 1 is 1.38 bits per heavy atom. The Labute approximate surface area is 82.5 Å². The molecule has 0 aromatic rings. The minimum Gasteiger partial charge on any atom is -0.317 e. The van der Waals surface area contributed by atoms with Gasteiger partial charge in [-0.3, -0.25) is 0 Å². The van der Waals surface area contributed by atoms with Crippen LogP contribution in [0.5, 0.6) is 0 Å². The topological polar surface area (TPSA) is 24.1 Å². The maximum atomic E-state index is 3.52. The largest absolute Gasteiger partial charge is 0.317 e. The van der Waals surface area contributed by atoms with Gasteiger partial charge in [0.25, 0.3) is 0 Å². The number of nitrogens with one attached hydrogen (secondary N) is 2. The molecular formula is C11H24N2. The van der Waals surface area contributed by atoms with Crippen molar-refractivity contribution in [3.05, 3.63) is 0 Å². The molecule has 0 aromatic carbocycles. The van der Waals surface area contributed by atoms with Crippen LogP contribution in [-0.2, 0) is 0 Å². The van der Waals surface area contributed by atoms with Crippen LogP contribution in [0, 0.1) is 11.8 Å². The van der Waals surface area contributed by atoms with E-state index in [4.69, 9.17) is 0 Å². The van der Waals surface area contributed by atoms with Crippen molar-refractivity contribution in [2.45, 2.75) is 33.1 Å². The smallest absolute Gasteiger partial charge is 0.00196 e. The lowest BCUT2D eigenvalue weighted by atomic mass is 10.1.